The van der Waals surface area contributed by atoms with E-state index in [2.05, 4.69) is 25.5 Å². The van der Waals surface area contributed by atoms with Crippen LogP contribution in [0.5, 0.6) is 5.75 Å². The number of rotatable bonds is 8. The molecule has 0 unspecified atom stereocenters. The second-order valence-electron chi connectivity index (χ2n) is 9.24. The maximum absolute atomic E-state index is 12.1. The Morgan fingerprint density at radius 1 is 0.909 bits per heavy atom. The molecule has 1 amide bonds. The number of carbonyl (C=O) groups is 5. The monoisotopic (exact) mass is 615 g/mol. The fourth-order valence-corrected chi connectivity index (χ4v) is 4.09. The summed E-state index contributed by atoms with van der Waals surface area (Å²) in [5.41, 5.74) is 1.70. The van der Waals surface area contributed by atoms with Gasteiger partial charge in [0.1, 0.15) is 11.6 Å². The number of hydrogen-bond acceptors (Lipinski definition) is 11. The van der Waals surface area contributed by atoms with E-state index in [1.807, 2.05) is 36.4 Å². The first-order valence-corrected chi connectivity index (χ1v) is 13.1. The molecule has 44 heavy (non-hydrogen) atoms. The van der Waals surface area contributed by atoms with E-state index in [-0.39, 0.29) is 18.5 Å². The van der Waals surface area contributed by atoms with E-state index in [4.69, 9.17) is 44.3 Å². The average molecular weight is 616 g/mol. The average Bonchev–Trinajstić information content (AvgIpc) is 3.01. The summed E-state index contributed by atoms with van der Waals surface area (Å²) in [6.07, 6.45) is 4.63. The first-order valence-electron chi connectivity index (χ1n) is 13.1. The summed E-state index contributed by atoms with van der Waals surface area (Å²) < 4.78 is 5.33. The fraction of sp³-hybridized carbons (Fsp3) is 0.321. The number of ether oxygens (including phenoxy) is 1. The van der Waals surface area contributed by atoms with Crippen LogP contribution in [0.2, 0.25) is 0 Å². The van der Waals surface area contributed by atoms with Gasteiger partial charge in [-0.15, -0.1) is 0 Å². The molecule has 3 heterocycles. The highest BCUT2D eigenvalue weighted by molar-refractivity contribution is 6.27. The van der Waals surface area contributed by atoms with Crippen LogP contribution in [0, 0.1) is 0 Å². The molecule has 1 aliphatic rings. The number of nitrogens with zero attached hydrogens (tertiary/aromatic N) is 3. The van der Waals surface area contributed by atoms with Crippen molar-refractivity contribution in [2.45, 2.75) is 25.0 Å². The van der Waals surface area contributed by atoms with Gasteiger partial charge in [0.15, 0.2) is 0 Å². The van der Waals surface area contributed by atoms with Crippen LogP contribution in [0.4, 0.5) is 5.82 Å². The molecule has 4 rings (SSSR count). The molecular weight excluding hydrogens is 582 g/mol. The van der Waals surface area contributed by atoms with E-state index in [1.165, 1.54) is 0 Å². The molecule has 1 aromatic carbocycles. The van der Waals surface area contributed by atoms with E-state index in [1.54, 1.807) is 25.6 Å². The number of aliphatic carboxylic acids is 4. The Kier molecular flexibility index (Phi) is 14.1. The Hall–Kier alpha value is -5.19. The van der Waals surface area contributed by atoms with E-state index in [0.717, 1.165) is 48.1 Å². The topological polar surface area (TPSA) is 249 Å². The molecule has 0 bridgehead atoms. The number of piperidine rings is 1. The number of likely N-dealkylation sites (tertiary alicyclic amines) is 1. The molecule has 0 saturated carbocycles. The summed E-state index contributed by atoms with van der Waals surface area (Å²) in [6, 6.07) is 13.3. The number of aliphatic hydroxyl groups excluding tert-OH is 1. The second-order valence-corrected chi connectivity index (χ2v) is 9.24. The highest BCUT2D eigenvalue weighted by Gasteiger charge is 2.23. The van der Waals surface area contributed by atoms with Gasteiger partial charge in [0.2, 0.25) is 5.91 Å². The highest BCUT2D eigenvalue weighted by atomic mass is 16.5. The van der Waals surface area contributed by atoms with Crippen LogP contribution in [0.1, 0.15) is 24.5 Å². The second kappa shape index (κ2) is 17.7. The normalized spacial score (nSPS) is 13.7. The summed E-state index contributed by atoms with van der Waals surface area (Å²) >= 11 is 0. The summed E-state index contributed by atoms with van der Waals surface area (Å²) in [5, 5.41) is 47.5. The van der Waals surface area contributed by atoms with Gasteiger partial charge in [-0.3, -0.25) is 9.78 Å². The molecule has 0 radical (unpaired) electrons. The number of aromatic nitrogens is 2. The van der Waals surface area contributed by atoms with Crippen LogP contribution in [0.15, 0.2) is 54.9 Å². The Labute approximate surface area is 250 Å². The van der Waals surface area contributed by atoms with Crippen molar-refractivity contribution in [1.82, 2.24) is 20.2 Å². The van der Waals surface area contributed by atoms with Crippen molar-refractivity contribution in [3.8, 4) is 5.75 Å². The summed E-state index contributed by atoms with van der Waals surface area (Å²) in [6.45, 7) is 2.55. The molecule has 16 heteroatoms. The van der Waals surface area contributed by atoms with Crippen LogP contribution in [-0.2, 0) is 24.0 Å². The predicted molar refractivity (Wildman–Crippen MR) is 154 cm³/mol. The van der Waals surface area contributed by atoms with E-state index < -0.39 is 30.0 Å². The quantitative estimate of drug-likeness (QED) is 0.172. The smallest absolute Gasteiger partial charge is 0.414 e. The number of amides is 1. The zero-order chi connectivity index (χ0) is 32.6. The standard InChI is InChI=1S/C24H29N5O3.2C2H2O4/c1-32-18-5-6-21-20(14-18)19(7-11-25-21)22(30)16-29-12-8-17(9-13-29)27-15-24(31)28-23-4-2-3-10-26-23;2*3-1(4)2(5)6/h2-7,10-11,14,17,22,27,30H,8-9,12-13,15-16H2,1H3,(H,26,28,31);2*(H,3,4)(H,5,6)/t22-;;/m0../s1. The van der Waals surface area contributed by atoms with Gasteiger partial charge in [0, 0.05) is 30.4 Å². The molecule has 1 fully saturated rings. The molecule has 2 aromatic heterocycles. The Bertz CT molecular complexity index is 1380. The van der Waals surface area contributed by atoms with Gasteiger partial charge >= 0.3 is 23.9 Å². The lowest BCUT2D eigenvalue weighted by Gasteiger charge is -2.33. The first-order chi connectivity index (χ1) is 20.9. The molecular formula is C28H33N5O11. The maximum atomic E-state index is 12.1. The minimum absolute atomic E-state index is 0.0958. The van der Waals surface area contributed by atoms with Crippen molar-refractivity contribution in [1.29, 1.82) is 0 Å². The van der Waals surface area contributed by atoms with Gasteiger partial charge in [-0.05, 0) is 67.9 Å². The molecule has 0 aliphatic carbocycles. The number of carboxylic acids is 4. The number of anilines is 1. The minimum atomic E-state index is -1.82. The van der Waals surface area contributed by atoms with Gasteiger partial charge in [0.25, 0.3) is 0 Å². The summed E-state index contributed by atoms with van der Waals surface area (Å²) in [7, 11) is 1.63. The van der Waals surface area contributed by atoms with Gasteiger partial charge in [-0.1, -0.05) is 6.07 Å². The van der Waals surface area contributed by atoms with Crippen LogP contribution in [0.25, 0.3) is 10.9 Å². The minimum Gasteiger partial charge on any atom is -0.497 e. The van der Waals surface area contributed by atoms with Crippen molar-refractivity contribution in [3.05, 3.63) is 60.4 Å². The number of β-amino-alcohol motifs (C(OH)–C–C–N with tert-alkyl or cyclic N) is 1. The van der Waals surface area contributed by atoms with E-state index >= 15 is 0 Å². The number of carboxylic acid groups (broad SMARTS) is 4. The van der Waals surface area contributed by atoms with Crippen LogP contribution < -0.4 is 15.4 Å². The third kappa shape index (κ3) is 12.0. The molecule has 16 nitrogen and oxygen atoms in total. The van der Waals surface area contributed by atoms with Crippen molar-refractivity contribution in [3.63, 3.8) is 0 Å². The summed E-state index contributed by atoms with van der Waals surface area (Å²) in [5.74, 6) is -6.08. The van der Waals surface area contributed by atoms with E-state index in [0.29, 0.717) is 12.4 Å². The molecule has 1 saturated heterocycles. The third-order valence-corrected chi connectivity index (χ3v) is 6.21. The number of aliphatic hydroxyl groups is 1. The number of methoxy groups -OCH3 is 1. The van der Waals surface area contributed by atoms with Crippen LogP contribution in [-0.4, -0.2) is 110 Å². The van der Waals surface area contributed by atoms with Gasteiger partial charge in [-0.25, -0.2) is 24.2 Å². The Morgan fingerprint density at radius 3 is 2.09 bits per heavy atom. The lowest BCUT2D eigenvalue weighted by atomic mass is 10.0. The van der Waals surface area contributed by atoms with E-state index in [9.17, 15) is 9.90 Å². The van der Waals surface area contributed by atoms with Gasteiger partial charge in [-0.2, -0.15) is 0 Å². The van der Waals surface area contributed by atoms with Crippen LogP contribution in [0.3, 0.4) is 0 Å². The zero-order valence-corrected chi connectivity index (χ0v) is 23.6. The lowest BCUT2D eigenvalue weighted by Crippen LogP contribution is -2.45. The number of hydrogen-bond donors (Lipinski definition) is 7. The molecule has 0 spiro atoms. The number of fused-ring (bicyclic) bond motifs is 1. The third-order valence-electron chi connectivity index (χ3n) is 6.21. The van der Waals surface area contributed by atoms with Crippen molar-refractivity contribution in [2.75, 3.05) is 38.6 Å². The first kappa shape index (κ1) is 35.0. The number of carbonyl (C=O) groups excluding carboxylic acids is 1. The SMILES string of the molecule is COc1ccc2nccc([C@@H](O)CN3CCC(NCC(=O)Nc4ccccn4)CC3)c2c1.O=C(O)C(=O)O.O=C(O)C(=O)O. The number of benzene rings is 1. The number of pyridine rings is 2. The lowest BCUT2D eigenvalue weighted by molar-refractivity contribution is -0.159. The van der Waals surface area contributed by atoms with Crippen LogP contribution >= 0.6 is 0 Å². The van der Waals surface area contributed by atoms with Gasteiger partial charge in [0.05, 0.1) is 25.3 Å². The molecule has 3 aromatic rings. The maximum Gasteiger partial charge on any atom is 0.414 e. The highest BCUT2D eigenvalue weighted by Crippen LogP contribution is 2.27. The molecule has 236 valence electrons. The van der Waals surface area contributed by atoms with Crippen molar-refractivity contribution >= 4 is 46.5 Å². The fourth-order valence-electron chi connectivity index (χ4n) is 4.09. The largest absolute Gasteiger partial charge is 0.497 e. The van der Waals surface area contributed by atoms with Crippen molar-refractivity contribution < 1.29 is 54.2 Å². The molecule has 1 atom stereocenters. The number of nitrogens with one attached hydrogen (secondary N) is 2. The Balaban J connectivity index is 0.000000477. The zero-order valence-electron chi connectivity index (χ0n) is 23.6. The molecule has 7 N–H and O–H groups in total. The van der Waals surface area contributed by atoms with Crippen molar-refractivity contribution in [2.24, 2.45) is 0 Å². The van der Waals surface area contributed by atoms with Gasteiger partial charge < -0.3 is 45.8 Å². The molecule has 1 aliphatic heterocycles. The summed E-state index contributed by atoms with van der Waals surface area (Å²) in [4.78, 5) is 59.3. The predicted octanol–water partition coefficient (Wildman–Crippen LogP) is 0.676. The Morgan fingerprint density at radius 2 is 1.55 bits per heavy atom.